The fraction of sp³-hybridized carbons (Fsp3) is 0.143. The number of pyridine rings is 1. The average Bonchev–Trinajstić information content (AvgIpc) is 2.68. The zero-order chi connectivity index (χ0) is 20.9. The first-order chi connectivity index (χ1) is 13.8. The number of para-hydroxylation sites is 1. The summed E-state index contributed by atoms with van der Waals surface area (Å²) in [5.41, 5.74) is 3.26. The number of amides is 1. The number of benzene rings is 2. The van der Waals surface area contributed by atoms with Crippen molar-refractivity contribution < 1.29 is 13.2 Å². The highest BCUT2D eigenvalue weighted by Crippen LogP contribution is 2.27. The Morgan fingerprint density at radius 2 is 1.62 bits per heavy atom. The van der Waals surface area contributed by atoms with Crippen molar-refractivity contribution in [2.45, 2.75) is 6.42 Å². The van der Waals surface area contributed by atoms with Crippen molar-refractivity contribution >= 4 is 43.2 Å². The van der Waals surface area contributed by atoms with Gasteiger partial charge in [0.1, 0.15) is 6.54 Å². The molecule has 2 aromatic carbocycles. The van der Waals surface area contributed by atoms with Gasteiger partial charge in [0.15, 0.2) is 0 Å². The van der Waals surface area contributed by atoms with Gasteiger partial charge in [-0.3, -0.25) is 14.1 Å². The van der Waals surface area contributed by atoms with Gasteiger partial charge in [-0.2, -0.15) is 0 Å². The van der Waals surface area contributed by atoms with Crippen LogP contribution in [0.1, 0.15) is 11.1 Å². The van der Waals surface area contributed by atoms with Gasteiger partial charge in [-0.05, 0) is 69.9 Å². The van der Waals surface area contributed by atoms with Crippen LogP contribution in [-0.4, -0.2) is 32.1 Å². The number of carbonyl (C=O) groups excluding carboxylic acids is 1. The van der Waals surface area contributed by atoms with Crippen LogP contribution in [-0.2, 0) is 21.2 Å². The molecule has 1 amide bonds. The molecule has 3 aromatic rings. The number of hydrogen-bond acceptors (Lipinski definition) is 4. The van der Waals surface area contributed by atoms with E-state index in [1.54, 1.807) is 48.8 Å². The monoisotopic (exact) mass is 473 g/mol. The molecule has 0 bridgehead atoms. The molecule has 0 spiro atoms. The van der Waals surface area contributed by atoms with Gasteiger partial charge >= 0.3 is 0 Å². The molecule has 1 N–H and O–H groups in total. The number of sulfonamides is 1. The quantitative estimate of drug-likeness (QED) is 0.565. The average molecular weight is 474 g/mol. The van der Waals surface area contributed by atoms with E-state index in [0.717, 1.165) is 28.1 Å². The van der Waals surface area contributed by atoms with Crippen molar-refractivity contribution in [1.82, 2.24) is 4.98 Å². The second kappa shape index (κ2) is 9.19. The second-order valence-electron chi connectivity index (χ2n) is 6.50. The number of aromatic nitrogens is 1. The van der Waals surface area contributed by atoms with Gasteiger partial charge in [-0.1, -0.05) is 24.3 Å². The zero-order valence-electron chi connectivity index (χ0n) is 15.7. The molecule has 0 radical (unpaired) electrons. The van der Waals surface area contributed by atoms with Gasteiger partial charge in [0, 0.05) is 22.6 Å². The fourth-order valence-electron chi connectivity index (χ4n) is 2.81. The van der Waals surface area contributed by atoms with E-state index in [0.29, 0.717) is 15.8 Å². The number of carbonyl (C=O) groups is 1. The number of rotatable bonds is 7. The molecule has 0 fully saturated rings. The Balaban J connectivity index is 1.68. The molecular formula is C21H20BrN3O3S. The molecule has 3 rings (SSSR count). The lowest BCUT2D eigenvalue weighted by Gasteiger charge is -2.23. The summed E-state index contributed by atoms with van der Waals surface area (Å²) in [6.45, 7) is -0.319. The Kier molecular flexibility index (Phi) is 6.66. The molecule has 6 nitrogen and oxygen atoms in total. The maximum absolute atomic E-state index is 12.5. The van der Waals surface area contributed by atoms with Crippen molar-refractivity contribution in [2.24, 2.45) is 0 Å². The third kappa shape index (κ3) is 5.88. The van der Waals surface area contributed by atoms with Crippen LogP contribution in [0.4, 0.5) is 11.4 Å². The van der Waals surface area contributed by atoms with E-state index in [9.17, 15) is 13.2 Å². The summed E-state index contributed by atoms with van der Waals surface area (Å²) in [5, 5.41) is 2.75. The Hall–Kier alpha value is -2.71. The smallest absolute Gasteiger partial charge is 0.245 e. The predicted molar refractivity (Wildman–Crippen MR) is 118 cm³/mol. The minimum Gasteiger partial charge on any atom is -0.325 e. The summed E-state index contributed by atoms with van der Waals surface area (Å²) < 4.78 is 26.1. The lowest BCUT2D eigenvalue weighted by Crippen LogP contribution is -2.37. The molecule has 0 unspecified atom stereocenters. The van der Waals surface area contributed by atoms with E-state index in [-0.39, 0.29) is 6.54 Å². The highest BCUT2D eigenvalue weighted by Gasteiger charge is 2.22. The molecule has 1 aromatic heterocycles. The van der Waals surface area contributed by atoms with Crippen LogP contribution in [0.2, 0.25) is 0 Å². The Morgan fingerprint density at radius 1 is 1.00 bits per heavy atom. The van der Waals surface area contributed by atoms with Crippen molar-refractivity contribution in [3.8, 4) is 0 Å². The van der Waals surface area contributed by atoms with Crippen molar-refractivity contribution in [1.29, 1.82) is 0 Å². The maximum Gasteiger partial charge on any atom is 0.245 e. The van der Waals surface area contributed by atoms with Crippen molar-refractivity contribution in [3.63, 3.8) is 0 Å². The molecule has 0 aliphatic rings. The molecule has 8 heteroatoms. The third-order valence-electron chi connectivity index (χ3n) is 4.20. The molecule has 0 saturated carbocycles. The van der Waals surface area contributed by atoms with Crippen LogP contribution in [0, 0.1) is 0 Å². The van der Waals surface area contributed by atoms with Gasteiger partial charge in [-0.25, -0.2) is 8.42 Å². The van der Waals surface area contributed by atoms with Crippen LogP contribution in [0.5, 0.6) is 0 Å². The van der Waals surface area contributed by atoms with E-state index in [2.05, 4.69) is 26.2 Å². The molecule has 1 heterocycles. The minimum absolute atomic E-state index is 0.319. The number of hydrogen-bond donors (Lipinski definition) is 1. The highest BCUT2D eigenvalue weighted by atomic mass is 79.9. The van der Waals surface area contributed by atoms with Gasteiger partial charge < -0.3 is 5.32 Å². The largest absolute Gasteiger partial charge is 0.325 e. The van der Waals surface area contributed by atoms with Gasteiger partial charge in [0.05, 0.1) is 11.9 Å². The SMILES string of the molecule is CS(=O)(=O)N(CC(=O)Nc1ccc(Cc2ccncc2)cc1)c1ccccc1Br. The van der Waals surface area contributed by atoms with Crippen molar-refractivity contribution in [2.75, 3.05) is 22.4 Å². The lowest BCUT2D eigenvalue weighted by molar-refractivity contribution is -0.114. The molecule has 0 saturated heterocycles. The number of anilines is 2. The van der Waals surface area contributed by atoms with Crippen molar-refractivity contribution in [3.05, 3.63) is 88.7 Å². The van der Waals surface area contributed by atoms with Gasteiger partial charge in [-0.15, -0.1) is 0 Å². The van der Waals surface area contributed by atoms with E-state index in [1.807, 2.05) is 24.3 Å². The van der Waals surface area contributed by atoms with E-state index in [1.165, 1.54) is 0 Å². The Morgan fingerprint density at radius 3 is 2.24 bits per heavy atom. The summed E-state index contributed by atoms with van der Waals surface area (Å²) in [6.07, 6.45) is 5.35. The standard InChI is InChI=1S/C21H20BrN3O3S/c1-29(27,28)25(20-5-3-2-4-19(20)22)15-21(26)24-18-8-6-16(7-9-18)14-17-10-12-23-13-11-17/h2-13H,14-15H2,1H3,(H,24,26). The van der Waals surface area contributed by atoms with Crippen LogP contribution in [0.3, 0.4) is 0 Å². The van der Waals surface area contributed by atoms with Crippen LogP contribution < -0.4 is 9.62 Å². The lowest BCUT2D eigenvalue weighted by atomic mass is 10.1. The van der Waals surface area contributed by atoms with E-state index in [4.69, 9.17) is 0 Å². The predicted octanol–water partition coefficient (Wildman–Crippen LogP) is 3.84. The van der Waals surface area contributed by atoms with Crippen LogP contribution in [0.25, 0.3) is 0 Å². The number of nitrogens with one attached hydrogen (secondary N) is 1. The number of nitrogens with zero attached hydrogens (tertiary/aromatic N) is 2. The van der Waals surface area contributed by atoms with Crippen LogP contribution >= 0.6 is 15.9 Å². The summed E-state index contributed by atoms with van der Waals surface area (Å²) in [6, 6.07) is 18.2. The Bertz CT molecular complexity index is 1090. The van der Waals surface area contributed by atoms with Crippen LogP contribution in [0.15, 0.2) is 77.5 Å². The summed E-state index contributed by atoms with van der Waals surface area (Å²) in [7, 11) is -3.63. The summed E-state index contributed by atoms with van der Waals surface area (Å²) in [5.74, 6) is -0.423. The molecule has 0 aliphatic carbocycles. The molecule has 150 valence electrons. The molecule has 0 aliphatic heterocycles. The molecule has 29 heavy (non-hydrogen) atoms. The Labute approximate surface area is 178 Å². The molecular weight excluding hydrogens is 454 g/mol. The molecule has 0 atom stereocenters. The first-order valence-electron chi connectivity index (χ1n) is 8.83. The van der Waals surface area contributed by atoms with Gasteiger partial charge in [0.2, 0.25) is 15.9 Å². The topological polar surface area (TPSA) is 79.4 Å². The second-order valence-corrected chi connectivity index (χ2v) is 9.26. The number of halogens is 1. The highest BCUT2D eigenvalue weighted by molar-refractivity contribution is 9.10. The minimum atomic E-state index is -3.63. The maximum atomic E-state index is 12.5. The fourth-order valence-corrected chi connectivity index (χ4v) is 4.29. The van der Waals surface area contributed by atoms with Gasteiger partial charge in [0.25, 0.3) is 0 Å². The first kappa shape index (κ1) is 21.0. The summed E-state index contributed by atoms with van der Waals surface area (Å²) in [4.78, 5) is 16.5. The zero-order valence-corrected chi connectivity index (χ0v) is 18.2. The first-order valence-corrected chi connectivity index (χ1v) is 11.5. The van der Waals surface area contributed by atoms with E-state index >= 15 is 0 Å². The third-order valence-corrected chi connectivity index (χ3v) is 6.00. The normalized spacial score (nSPS) is 11.1. The summed E-state index contributed by atoms with van der Waals surface area (Å²) >= 11 is 3.34. The van der Waals surface area contributed by atoms with E-state index < -0.39 is 15.9 Å².